The van der Waals surface area contributed by atoms with Gasteiger partial charge in [0.1, 0.15) is 18.1 Å². The summed E-state index contributed by atoms with van der Waals surface area (Å²) in [5.41, 5.74) is 1.86. The number of carbonyl (C=O) groups is 1. The molecule has 0 unspecified atom stereocenters. The van der Waals surface area contributed by atoms with Crippen LogP contribution in [-0.2, 0) is 17.9 Å². The van der Waals surface area contributed by atoms with Gasteiger partial charge in [-0.05, 0) is 57.9 Å². The first kappa shape index (κ1) is 22.9. The Morgan fingerprint density at radius 1 is 1.09 bits per heavy atom. The third-order valence-corrected chi connectivity index (χ3v) is 5.79. The van der Waals surface area contributed by atoms with Crippen LogP contribution < -0.4 is 15.5 Å². The van der Waals surface area contributed by atoms with Crippen molar-refractivity contribution in [2.75, 3.05) is 7.11 Å². The van der Waals surface area contributed by atoms with Crippen molar-refractivity contribution >= 4 is 44.6 Å². The minimum atomic E-state index is -0.647. The van der Waals surface area contributed by atoms with E-state index in [1.54, 1.807) is 43.5 Å². The molecule has 4 rings (SSSR count). The number of methoxy groups -OCH3 is 1. The van der Waals surface area contributed by atoms with Gasteiger partial charge >= 0.3 is 6.09 Å². The van der Waals surface area contributed by atoms with Gasteiger partial charge in [0.2, 0.25) is 0 Å². The molecule has 3 aromatic carbocycles. The summed E-state index contributed by atoms with van der Waals surface area (Å²) >= 11 is 9.57. The van der Waals surface area contributed by atoms with Gasteiger partial charge in [-0.1, -0.05) is 41.9 Å². The first-order valence-electron chi connectivity index (χ1n) is 10.00. The standard InChI is InChI=1S/C25H19BrClNO5/c1-31-18-9-7-16(8-10-18)23-20(13-28-25(30)32-14-15-5-3-2-4-6-15)22(29)19-11-17(27)12-21(26)24(19)33-23/h2-12H,13-14H2,1H3,(H,28,30). The average Bonchev–Trinajstić information content (AvgIpc) is 2.83. The van der Waals surface area contributed by atoms with E-state index in [1.165, 1.54) is 0 Å². The Kier molecular flexibility index (Phi) is 7.01. The molecule has 0 aliphatic rings. The van der Waals surface area contributed by atoms with Crippen molar-refractivity contribution < 1.29 is 18.7 Å². The second-order valence-electron chi connectivity index (χ2n) is 7.15. The summed E-state index contributed by atoms with van der Waals surface area (Å²) in [6.45, 7) is 0.0320. The van der Waals surface area contributed by atoms with Crippen LogP contribution in [0.5, 0.6) is 5.75 Å². The van der Waals surface area contributed by atoms with Gasteiger partial charge < -0.3 is 19.2 Å². The summed E-state index contributed by atoms with van der Waals surface area (Å²) in [6.07, 6.45) is -0.647. The van der Waals surface area contributed by atoms with E-state index in [0.717, 1.165) is 5.56 Å². The smallest absolute Gasteiger partial charge is 0.407 e. The predicted molar refractivity (Wildman–Crippen MR) is 131 cm³/mol. The monoisotopic (exact) mass is 527 g/mol. The molecule has 168 valence electrons. The highest BCUT2D eigenvalue weighted by molar-refractivity contribution is 9.10. The lowest BCUT2D eigenvalue weighted by Crippen LogP contribution is -2.27. The second-order valence-corrected chi connectivity index (χ2v) is 8.44. The summed E-state index contributed by atoms with van der Waals surface area (Å²) < 4.78 is 17.2. The van der Waals surface area contributed by atoms with Gasteiger partial charge in [-0.15, -0.1) is 0 Å². The molecule has 1 aromatic heterocycles. The number of rotatable bonds is 6. The van der Waals surface area contributed by atoms with E-state index >= 15 is 0 Å². The molecular weight excluding hydrogens is 510 g/mol. The second kappa shape index (κ2) is 10.1. The van der Waals surface area contributed by atoms with Crippen molar-refractivity contribution in [1.29, 1.82) is 0 Å². The molecule has 1 N–H and O–H groups in total. The summed E-state index contributed by atoms with van der Waals surface area (Å²) in [5, 5.41) is 3.34. The van der Waals surface area contributed by atoms with Crippen LogP contribution >= 0.6 is 27.5 Å². The largest absolute Gasteiger partial charge is 0.497 e. The Labute approximate surface area is 203 Å². The number of amides is 1. The lowest BCUT2D eigenvalue weighted by atomic mass is 10.0. The molecule has 0 radical (unpaired) electrons. The number of carbonyl (C=O) groups excluding carboxylic acids is 1. The molecule has 33 heavy (non-hydrogen) atoms. The molecule has 0 aliphatic carbocycles. The molecule has 0 aliphatic heterocycles. The van der Waals surface area contributed by atoms with Gasteiger partial charge in [0.15, 0.2) is 11.0 Å². The van der Waals surface area contributed by atoms with Crippen LogP contribution in [0.4, 0.5) is 4.79 Å². The highest BCUT2D eigenvalue weighted by Gasteiger charge is 2.19. The van der Waals surface area contributed by atoms with Crippen molar-refractivity contribution in [2.24, 2.45) is 0 Å². The summed E-state index contributed by atoms with van der Waals surface area (Å²) in [5.74, 6) is 1.00. The number of benzene rings is 3. The van der Waals surface area contributed by atoms with Crippen LogP contribution in [-0.4, -0.2) is 13.2 Å². The number of nitrogens with one attached hydrogen (secondary N) is 1. The van der Waals surface area contributed by atoms with Gasteiger partial charge in [0, 0.05) is 10.6 Å². The molecule has 0 spiro atoms. The van der Waals surface area contributed by atoms with Gasteiger partial charge in [0.05, 0.1) is 29.1 Å². The first-order chi connectivity index (χ1) is 16.0. The Hall–Kier alpha value is -3.29. The van der Waals surface area contributed by atoms with E-state index < -0.39 is 6.09 Å². The molecule has 0 bridgehead atoms. The third kappa shape index (κ3) is 5.21. The molecule has 6 nitrogen and oxygen atoms in total. The SMILES string of the molecule is COc1ccc(-c2oc3c(Br)cc(Cl)cc3c(=O)c2CNC(=O)OCc2ccccc2)cc1. The lowest BCUT2D eigenvalue weighted by Gasteiger charge is -2.13. The summed E-state index contributed by atoms with van der Waals surface area (Å²) in [4.78, 5) is 25.7. The number of hydrogen-bond acceptors (Lipinski definition) is 5. The van der Waals surface area contributed by atoms with Crippen LogP contribution in [0.2, 0.25) is 5.02 Å². The van der Waals surface area contributed by atoms with Crippen LogP contribution in [0.3, 0.4) is 0 Å². The van der Waals surface area contributed by atoms with Gasteiger partial charge in [-0.3, -0.25) is 4.79 Å². The highest BCUT2D eigenvalue weighted by atomic mass is 79.9. The van der Waals surface area contributed by atoms with E-state index in [4.69, 9.17) is 25.5 Å². The molecule has 0 saturated carbocycles. The van der Waals surface area contributed by atoms with Crippen molar-refractivity contribution in [3.05, 3.63) is 97.6 Å². The van der Waals surface area contributed by atoms with Crippen molar-refractivity contribution in [1.82, 2.24) is 5.32 Å². The lowest BCUT2D eigenvalue weighted by molar-refractivity contribution is 0.139. The van der Waals surface area contributed by atoms with Crippen LogP contribution in [0.1, 0.15) is 11.1 Å². The molecular formula is C25H19BrClNO5. The van der Waals surface area contributed by atoms with Crippen LogP contribution in [0.15, 0.2) is 80.4 Å². The Morgan fingerprint density at radius 2 is 1.82 bits per heavy atom. The number of halogens is 2. The number of fused-ring (bicyclic) bond motifs is 1. The highest BCUT2D eigenvalue weighted by Crippen LogP contribution is 2.32. The Balaban J connectivity index is 1.67. The fourth-order valence-electron chi connectivity index (χ4n) is 3.33. The van der Waals surface area contributed by atoms with Gasteiger partial charge in [0.25, 0.3) is 0 Å². The number of alkyl carbamates (subject to hydrolysis) is 1. The third-order valence-electron chi connectivity index (χ3n) is 4.98. The normalized spacial score (nSPS) is 10.8. The molecule has 4 aromatic rings. The van der Waals surface area contributed by atoms with E-state index in [-0.39, 0.29) is 24.1 Å². The quantitative estimate of drug-likeness (QED) is 0.317. The molecule has 0 atom stereocenters. The fraction of sp³-hybridized carbons (Fsp3) is 0.120. The zero-order valence-electron chi connectivity index (χ0n) is 17.6. The zero-order valence-corrected chi connectivity index (χ0v) is 19.9. The topological polar surface area (TPSA) is 77.8 Å². The maximum Gasteiger partial charge on any atom is 0.407 e. The number of hydrogen-bond donors (Lipinski definition) is 1. The van der Waals surface area contributed by atoms with E-state index in [0.29, 0.717) is 37.5 Å². The maximum atomic E-state index is 13.4. The molecule has 1 heterocycles. The van der Waals surface area contributed by atoms with Crippen molar-refractivity contribution in [3.8, 4) is 17.1 Å². The van der Waals surface area contributed by atoms with E-state index in [1.807, 2.05) is 30.3 Å². The Bertz CT molecular complexity index is 1350. The zero-order chi connectivity index (χ0) is 23.4. The van der Waals surface area contributed by atoms with Crippen LogP contribution in [0, 0.1) is 0 Å². The Morgan fingerprint density at radius 3 is 2.52 bits per heavy atom. The van der Waals surface area contributed by atoms with Gasteiger partial charge in [-0.25, -0.2) is 4.79 Å². The maximum absolute atomic E-state index is 13.4. The van der Waals surface area contributed by atoms with Gasteiger partial charge in [-0.2, -0.15) is 0 Å². The fourth-order valence-corrected chi connectivity index (χ4v) is 4.22. The van der Waals surface area contributed by atoms with E-state index in [2.05, 4.69) is 21.2 Å². The van der Waals surface area contributed by atoms with Crippen LogP contribution in [0.25, 0.3) is 22.3 Å². The van der Waals surface area contributed by atoms with Crippen molar-refractivity contribution in [3.63, 3.8) is 0 Å². The molecule has 0 fully saturated rings. The molecule has 1 amide bonds. The molecule has 8 heteroatoms. The molecule has 0 saturated heterocycles. The van der Waals surface area contributed by atoms with E-state index in [9.17, 15) is 9.59 Å². The summed E-state index contributed by atoms with van der Waals surface area (Å²) in [6, 6.07) is 19.6. The minimum absolute atomic E-state index is 0.0859. The minimum Gasteiger partial charge on any atom is -0.497 e. The average molecular weight is 529 g/mol. The summed E-state index contributed by atoms with van der Waals surface area (Å²) in [7, 11) is 1.57. The number of ether oxygens (including phenoxy) is 2. The first-order valence-corrected chi connectivity index (χ1v) is 11.2. The van der Waals surface area contributed by atoms with Crippen molar-refractivity contribution in [2.45, 2.75) is 13.2 Å². The predicted octanol–water partition coefficient (Wildman–Crippen LogP) is 6.31.